The van der Waals surface area contributed by atoms with Crippen molar-refractivity contribution in [3.8, 4) is 0 Å². The minimum Gasteiger partial charge on any atom is -0.396 e. The fraction of sp³-hybridized carbons (Fsp3) is 0.417. The number of aliphatic hydroxyl groups excluding tert-OH is 1. The number of benzene rings is 1. The second-order valence-corrected chi connectivity index (χ2v) is 4.02. The van der Waals surface area contributed by atoms with E-state index in [9.17, 15) is 4.79 Å². The van der Waals surface area contributed by atoms with Crippen LogP contribution in [0.3, 0.4) is 0 Å². The van der Waals surface area contributed by atoms with Crippen LogP contribution in [0.1, 0.15) is 18.4 Å². The summed E-state index contributed by atoms with van der Waals surface area (Å²) in [5.74, 6) is 0.000243. The molecule has 1 aromatic rings. The van der Waals surface area contributed by atoms with E-state index in [0.717, 1.165) is 18.4 Å². The molecule has 0 aromatic heterocycles. The van der Waals surface area contributed by atoms with Crippen molar-refractivity contribution in [1.29, 1.82) is 0 Å². The van der Waals surface area contributed by atoms with Crippen molar-refractivity contribution in [3.05, 3.63) is 34.9 Å². The van der Waals surface area contributed by atoms with Crippen LogP contribution in [0.15, 0.2) is 24.3 Å². The van der Waals surface area contributed by atoms with Gasteiger partial charge in [-0.25, -0.2) is 0 Å². The normalized spacial score (nSPS) is 10.1. The molecule has 3 nitrogen and oxygen atoms in total. The van der Waals surface area contributed by atoms with Crippen molar-refractivity contribution in [2.45, 2.75) is 19.3 Å². The molecule has 0 saturated heterocycles. The maximum Gasteiger partial charge on any atom is 0.224 e. The summed E-state index contributed by atoms with van der Waals surface area (Å²) >= 11 is 5.74. The molecule has 0 aliphatic rings. The third-order valence-corrected chi connectivity index (χ3v) is 2.44. The zero-order valence-electron chi connectivity index (χ0n) is 9.08. The van der Waals surface area contributed by atoms with Gasteiger partial charge in [0, 0.05) is 18.2 Å². The number of unbranched alkanes of at least 4 members (excludes halogenated alkanes) is 1. The van der Waals surface area contributed by atoms with E-state index >= 15 is 0 Å². The van der Waals surface area contributed by atoms with Crippen LogP contribution in [0.4, 0.5) is 0 Å². The summed E-state index contributed by atoms with van der Waals surface area (Å²) in [6.07, 6.45) is 1.90. The van der Waals surface area contributed by atoms with Gasteiger partial charge in [0.05, 0.1) is 6.42 Å². The first kappa shape index (κ1) is 13.0. The molecule has 0 bridgehead atoms. The minimum absolute atomic E-state index is 0.000243. The standard InChI is InChI=1S/C12H16ClNO2/c13-11-5-3-10(4-6-11)9-12(16)14-7-1-2-8-15/h3-6,15H,1-2,7-9H2,(H,14,16). The first-order chi connectivity index (χ1) is 7.72. The molecule has 0 unspecified atom stereocenters. The van der Waals surface area contributed by atoms with E-state index in [0.29, 0.717) is 18.0 Å². The minimum atomic E-state index is 0.000243. The molecule has 1 rings (SSSR count). The van der Waals surface area contributed by atoms with Crippen molar-refractivity contribution >= 4 is 17.5 Å². The van der Waals surface area contributed by atoms with Crippen molar-refractivity contribution in [2.24, 2.45) is 0 Å². The van der Waals surface area contributed by atoms with Crippen LogP contribution in [0.2, 0.25) is 5.02 Å². The lowest BCUT2D eigenvalue weighted by atomic mass is 10.1. The highest BCUT2D eigenvalue weighted by Crippen LogP contribution is 2.09. The molecule has 4 heteroatoms. The molecule has 0 saturated carbocycles. The van der Waals surface area contributed by atoms with Gasteiger partial charge in [-0.2, -0.15) is 0 Å². The van der Waals surface area contributed by atoms with Crippen LogP contribution in [0.5, 0.6) is 0 Å². The van der Waals surface area contributed by atoms with E-state index in [2.05, 4.69) is 5.32 Å². The number of rotatable bonds is 6. The van der Waals surface area contributed by atoms with Crippen LogP contribution in [-0.2, 0) is 11.2 Å². The summed E-state index contributed by atoms with van der Waals surface area (Å²) in [7, 11) is 0. The SMILES string of the molecule is O=C(Cc1ccc(Cl)cc1)NCCCCO. The number of halogens is 1. The first-order valence-electron chi connectivity index (χ1n) is 5.34. The van der Waals surface area contributed by atoms with E-state index in [1.165, 1.54) is 0 Å². The lowest BCUT2D eigenvalue weighted by molar-refractivity contribution is -0.120. The molecule has 0 heterocycles. The van der Waals surface area contributed by atoms with Crippen LogP contribution >= 0.6 is 11.6 Å². The highest BCUT2D eigenvalue weighted by molar-refractivity contribution is 6.30. The summed E-state index contributed by atoms with van der Waals surface area (Å²) < 4.78 is 0. The van der Waals surface area contributed by atoms with Crippen LogP contribution in [-0.4, -0.2) is 24.2 Å². The smallest absolute Gasteiger partial charge is 0.224 e. The lowest BCUT2D eigenvalue weighted by Crippen LogP contribution is -2.26. The summed E-state index contributed by atoms with van der Waals surface area (Å²) in [4.78, 5) is 11.5. The fourth-order valence-electron chi connectivity index (χ4n) is 1.31. The Hall–Kier alpha value is -1.06. The molecule has 0 aliphatic heterocycles. The zero-order valence-corrected chi connectivity index (χ0v) is 9.83. The van der Waals surface area contributed by atoms with Gasteiger partial charge in [0.1, 0.15) is 0 Å². The Labute approximate surface area is 100 Å². The largest absolute Gasteiger partial charge is 0.396 e. The fourth-order valence-corrected chi connectivity index (χ4v) is 1.44. The van der Waals surface area contributed by atoms with Crippen LogP contribution in [0, 0.1) is 0 Å². The van der Waals surface area contributed by atoms with Gasteiger partial charge in [0.15, 0.2) is 0 Å². The Morgan fingerprint density at radius 1 is 1.25 bits per heavy atom. The quantitative estimate of drug-likeness (QED) is 0.746. The molecule has 0 radical (unpaired) electrons. The summed E-state index contributed by atoms with van der Waals surface area (Å²) in [5, 5.41) is 12.0. The molecule has 0 spiro atoms. The third kappa shape index (κ3) is 5.14. The second kappa shape index (κ2) is 7.25. The summed E-state index contributed by atoms with van der Waals surface area (Å²) in [6, 6.07) is 7.23. The summed E-state index contributed by atoms with van der Waals surface area (Å²) in [6.45, 7) is 0.792. The van der Waals surface area contributed by atoms with Gasteiger partial charge in [0.25, 0.3) is 0 Å². The van der Waals surface area contributed by atoms with Gasteiger partial charge in [-0.1, -0.05) is 23.7 Å². The Balaban J connectivity index is 2.26. The molecule has 1 amide bonds. The van der Waals surface area contributed by atoms with Crippen molar-refractivity contribution in [2.75, 3.05) is 13.2 Å². The van der Waals surface area contributed by atoms with Crippen LogP contribution < -0.4 is 5.32 Å². The number of carbonyl (C=O) groups is 1. The molecular formula is C12H16ClNO2. The second-order valence-electron chi connectivity index (χ2n) is 3.58. The highest BCUT2D eigenvalue weighted by atomic mass is 35.5. The van der Waals surface area contributed by atoms with Gasteiger partial charge in [0.2, 0.25) is 5.91 Å². The number of hydrogen-bond acceptors (Lipinski definition) is 2. The predicted octanol–water partition coefficient (Wildman–Crippen LogP) is 1.77. The topological polar surface area (TPSA) is 49.3 Å². The van der Waals surface area contributed by atoms with Gasteiger partial charge < -0.3 is 10.4 Å². The van der Waals surface area contributed by atoms with E-state index in [1.54, 1.807) is 12.1 Å². The Morgan fingerprint density at radius 3 is 2.56 bits per heavy atom. The average molecular weight is 242 g/mol. The summed E-state index contributed by atoms with van der Waals surface area (Å²) in [5.41, 5.74) is 0.948. The van der Waals surface area contributed by atoms with Crippen LogP contribution in [0.25, 0.3) is 0 Å². The number of amides is 1. The third-order valence-electron chi connectivity index (χ3n) is 2.18. The molecule has 0 aliphatic carbocycles. The van der Waals surface area contributed by atoms with E-state index < -0.39 is 0 Å². The number of carbonyl (C=O) groups excluding carboxylic acids is 1. The average Bonchev–Trinajstić information content (AvgIpc) is 2.28. The van der Waals surface area contributed by atoms with Crippen molar-refractivity contribution < 1.29 is 9.90 Å². The van der Waals surface area contributed by atoms with Gasteiger partial charge in [-0.3, -0.25) is 4.79 Å². The Morgan fingerprint density at radius 2 is 1.94 bits per heavy atom. The number of nitrogens with one attached hydrogen (secondary N) is 1. The first-order valence-corrected chi connectivity index (χ1v) is 5.72. The van der Waals surface area contributed by atoms with Gasteiger partial charge in [-0.05, 0) is 30.5 Å². The molecule has 16 heavy (non-hydrogen) atoms. The van der Waals surface area contributed by atoms with Gasteiger partial charge in [-0.15, -0.1) is 0 Å². The molecule has 1 aromatic carbocycles. The van der Waals surface area contributed by atoms with E-state index in [1.807, 2.05) is 12.1 Å². The molecule has 0 fully saturated rings. The number of hydrogen-bond donors (Lipinski definition) is 2. The molecule has 2 N–H and O–H groups in total. The Bertz CT molecular complexity index is 324. The highest BCUT2D eigenvalue weighted by Gasteiger charge is 2.02. The predicted molar refractivity (Wildman–Crippen MR) is 64.5 cm³/mol. The van der Waals surface area contributed by atoms with E-state index in [-0.39, 0.29) is 12.5 Å². The maximum atomic E-state index is 11.5. The molecule has 88 valence electrons. The van der Waals surface area contributed by atoms with Crippen molar-refractivity contribution in [1.82, 2.24) is 5.32 Å². The number of aliphatic hydroxyl groups is 1. The monoisotopic (exact) mass is 241 g/mol. The lowest BCUT2D eigenvalue weighted by Gasteiger charge is -2.04. The zero-order chi connectivity index (χ0) is 11.8. The Kier molecular flexibility index (Phi) is 5.90. The molecule has 0 atom stereocenters. The van der Waals surface area contributed by atoms with Gasteiger partial charge >= 0.3 is 0 Å². The maximum absolute atomic E-state index is 11.5. The molecular weight excluding hydrogens is 226 g/mol. The van der Waals surface area contributed by atoms with Crippen molar-refractivity contribution in [3.63, 3.8) is 0 Å². The van der Waals surface area contributed by atoms with E-state index in [4.69, 9.17) is 16.7 Å².